The molecule has 0 aliphatic carbocycles. The van der Waals surface area contributed by atoms with E-state index in [4.69, 9.17) is 9.47 Å². The maximum Gasteiger partial charge on any atom is 0.255 e. The lowest BCUT2D eigenvalue weighted by atomic mass is 9.74. The summed E-state index contributed by atoms with van der Waals surface area (Å²) in [5, 5.41) is 2.37. The highest BCUT2D eigenvalue weighted by atomic mass is 16.5. The predicted octanol–water partition coefficient (Wildman–Crippen LogP) is 4.17. The molecule has 1 atom stereocenters. The van der Waals surface area contributed by atoms with Crippen LogP contribution in [0.1, 0.15) is 52.7 Å². The topological polar surface area (TPSA) is 88.2 Å². The lowest BCUT2D eigenvalue weighted by Crippen LogP contribution is -2.52. The van der Waals surface area contributed by atoms with E-state index < -0.39 is 6.04 Å². The first-order valence-corrected chi connectivity index (χ1v) is 14.0. The molecule has 1 spiro atoms. The number of hydrogen-bond acceptors (Lipinski definition) is 6. The first kappa shape index (κ1) is 24.8. The zero-order valence-electron chi connectivity index (χ0n) is 22.2. The van der Waals surface area contributed by atoms with Crippen LogP contribution in [0.25, 0.3) is 0 Å². The van der Waals surface area contributed by atoms with Crippen molar-refractivity contribution in [3.05, 3.63) is 89.0 Å². The molecule has 0 radical (unpaired) electrons. The molecule has 204 valence electrons. The molecule has 1 N–H and O–H groups in total. The Balaban J connectivity index is 1.03. The molecule has 1 unspecified atom stereocenters. The number of nitrogens with zero attached hydrogens (tertiary/aromatic N) is 2. The van der Waals surface area contributed by atoms with Crippen LogP contribution in [0.3, 0.4) is 0 Å². The Morgan fingerprint density at radius 1 is 0.950 bits per heavy atom. The van der Waals surface area contributed by atoms with E-state index in [9.17, 15) is 14.4 Å². The Morgan fingerprint density at radius 2 is 1.75 bits per heavy atom. The molecule has 7 rings (SSSR count). The van der Waals surface area contributed by atoms with Crippen molar-refractivity contribution < 1.29 is 23.9 Å². The number of para-hydroxylation sites is 1. The van der Waals surface area contributed by atoms with E-state index >= 15 is 0 Å². The summed E-state index contributed by atoms with van der Waals surface area (Å²) < 4.78 is 12.2. The molecule has 2 fully saturated rings. The minimum Gasteiger partial charge on any atom is -0.492 e. The quantitative estimate of drug-likeness (QED) is 0.492. The third kappa shape index (κ3) is 4.42. The number of carbonyl (C=O) groups excluding carboxylic acids is 3. The van der Waals surface area contributed by atoms with E-state index in [1.807, 2.05) is 48.5 Å². The SMILES string of the molecule is O=C1CCC(N2Cc3cc4c(cc3C2=O)OCC42CCN(Cc3cccc(Oc4ccccc4)c3)CC2)C(=O)N1. The van der Waals surface area contributed by atoms with Gasteiger partial charge in [0.05, 0.1) is 6.61 Å². The first-order valence-electron chi connectivity index (χ1n) is 14.0. The molecule has 3 aromatic carbocycles. The summed E-state index contributed by atoms with van der Waals surface area (Å²) in [5.41, 5.74) is 3.88. The van der Waals surface area contributed by atoms with Crippen molar-refractivity contribution in [1.82, 2.24) is 15.1 Å². The summed E-state index contributed by atoms with van der Waals surface area (Å²) in [5.74, 6) is 1.63. The van der Waals surface area contributed by atoms with Gasteiger partial charge in [0, 0.05) is 36.1 Å². The van der Waals surface area contributed by atoms with Gasteiger partial charge in [0.25, 0.3) is 5.91 Å². The van der Waals surface area contributed by atoms with E-state index in [1.54, 1.807) is 4.90 Å². The van der Waals surface area contributed by atoms with Crippen LogP contribution in [0.4, 0.5) is 0 Å². The van der Waals surface area contributed by atoms with E-state index in [2.05, 4.69) is 28.4 Å². The molecule has 8 heteroatoms. The van der Waals surface area contributed by atoms with Crippen LogP contribution < -0.4 is 14.8 Å². The number of nitrogens with one attached hydrogen (secondary N) is 1. The standard InChI is InChI=1S/C32H31N3O5/c36-29-10-9-27(30(37)33-29)35-19-22-16-26-28(17-25(22)31(35)38)39-20-32(26)11-13-34(14-12-32)18-21-5-4-8-24(15-21)40-23-6-2-1-3-7-23/h1-8,15-17,27H,9-14,18-20H2,(H,33,36,37). The fourth-order valence-corrected chi connectivity index (χ4v) is 6.57. The highest BCUT2D eigenvalue weighted by molar-refractivity contribution is 6.05. The van der Waals surface area contributed by atoms with Crippen LogP contribution >= 0.6 is 0 Å². The van der Waals surface area contributed by atoms with Crippen LogP contribution in [0.2, 0.25) is 0 Å². The minimum absolute atomic E-state index is 0.0652. The van der Waals surface area contributed by atoms with Gasteiger partial charge in [-0.05, 0) is 79.9 Å². The fraction of sp³-hybridized carbons (Fsp3) is 0.344. The molecule has 3 aromatic rings. The molecule has 40 heavy (non-hydrogen) atoms. The molecule has 8 nitrogen and oxygen atoms in total. The van der Waals surface area contributed by atoms with Crippen molar-refractivity contribution in [2.24, 2.45) is 0 Å². The van der Waals surface area contributed by atoms with Crippen LogP contribution in [0, 0.1) is 0 Å². The minimum atomic E-state index is -0.609. The van der Waals surface area contributed by atoms with E-state index in [0.717, 1.165) is 55.3 Å². The summed E-state index contributed by atoms with van der Waals surface area (Å²) in [6.07, 6.45) is 2.56. The summed E-state index contributed by atoms with van der Waals surface area (Å²) >= 11 is 0. The first-order chi connectivity index (χ1) is 19.5. The van der Waals surface area contributed by atoms with Gasteiger partial charge in [0.2, 0.25) is 11.8 Å². The van der Waals surface area contributed by atoms with Gasteiger partial charge in [-0.1, -0.05) is 30.3 Å². The molecule has 0 saturated carbocycles. The number of fused-ring (bicyclic) bond motifs is 3. The number of ether oxygens (including phenoxy) is 2. The molecular weight excluding hydrogens is 506 g/mol. The Bertz CT molecular complexity index is 1500. The number of imide groups is 1. The largest absolute Gasteiger partial charge is 0.492 e. The number of benzene rings is 3. The molecule has 0 bridgehead atoms. The monoisotopic (exact) mass is 537 g/mol. The molecule has 3 amide bonds. The molecule has 4 aliphatic rings. The normalized spacial score (nSPS) is 21.6. The maximum atomic E-state index is 13.2. The number of carbonyl (C=O) groups is 3. The second-order valence-electron chi connectivity index (χ2n) is 11.3. The molecular formula is C32H31N3O5. The van der Waals surface area contributed by atoms with Crippen molar-refractivity contribution in [2.45, 2.75) is 50.2 Å². The maximum absolute atomic E-state index is 13.2. The average molecular weight is 538 g/mol. The van der Waals surface area contributed by atoms with Crippen LogP contribution in [0.15, 0.2) is 66.7 Å². The van der Waals surface area contributed by atoms with Crippen molar-refractivity contribution in [2.75, 3.05) is 19.7 Å². The Hall–Kier alpha value is -4.17. The average Bonchev–Trinajstić information content (AvgIpc) is 3.46. The molecule has 0 aromatic heterocycles. The number of amides is 3. The second kappa shape index (κ2) is 9.78. The number of piperidine rings is 2. The van der Waals surface area contributed by atoms with Gasteiger partial charge in [-0.25, -0.2) is 0 Å². The van der Waals surface area contributed by atoms with E-state index in [1.165, 1.54) is 11.1 Å². The highest BCUT2D eigenvalue weighted by Crippen LogP contribution is 2.48. The summed E-state index contributed by atoms with van der Waals surface area (Å²) in [7, 11) is 0. The number of likely N-dealkylation sites (tertiary alicyclic amines) is 1. The van der Waals surface area contributed by atoms with Gasteiger partial charge in [0.1, 0.15) is 23.3 Å². The zero-order valence-corrected chi connectivity index (χ0v) is 22.2. The van der Waals surface area contributed by atoms with Crippen LogP contribution in [-0.4, -0.2) is 53.3 Å². The van der Waals surface area contributed by atoms with Crippen molar-refractivity contribution in [1.29, 1.82) is 0 Å². The van der Waals surface area contributed by atoms with Gasteiger partial charge in [-0.3, -0.25) is 24.6 Å². The van der Waals surface area contributed by atoms with Gasteiger partial charge in [0.15, 0.2) is 0 Å². The third-order valence-corrected chi connectivity index (χ3v) is 8.80. The lowest BCUT2D eigenvalue weighted by molar-refractivity contribution is -0.136. The van der Waals surface area contributed by atoms with Crippen LogP contribution in [-0.2, 0) is 28.1 Å². The Kier molecular flexibility index (Phi) is 6.08. The van der Waals surface area contributed by atoms with Gasteiger partial charge < -0.3 is 14.4 Å². The van der Waals surface area contributed by atoms with Crippen LogP contribution in [0.5, 0.6) is 17.2 Å². The third-order valence-electron chi connectivity index (χ3n) is 8.80. The fourth-order valence-electron chi connectivity index (χ4n) is 6.57. The lowest BCUT2D eigenvalue weighted by Gasteiger charge is -2.38. The zero-order chi connectivity index (χ0) is 27.3. The highest BCUT2D eigenvalue weighted by Gasteiger charge is 2.46. The van der Waals surface area contributed by atoms with Crippen molar-refractivity contribution in [3.8, 4) is 17.2 Å². The smallest absolute Gasteiger partial charge is 0.255 e. The van der Waals surface area contributed by atoms with Gasteiger partial charge in [-0.15, -0.1) is 0 Å². The molecule has 2 saturated heterocycles. The van der Waals surface area contributed by atoms with Gasteiger partial charge in [-0.2, -0.15) is 0 Å². The summed E-state index contributed by atoms with van der Waals surface area (Å²) in [6.45, 7) is 3.77. The Labute approximate surface area is 232 Å². The van der Waals surface area contributed by atoms with Crippen molar-refractivity contribution in [3.63, 3.8) is 0 Å². The molecule has 4 heterocycles. The summed E-state index contributed by atoms with van der Waals surface area (Å²) in [4.78, 5) is 41.3. The summed E-state index contributed by atoms with van der Waals surface area (Å²) in [6, 6.07) is 21.5. The molecule has 4 aliphatic heterocycles. The number of hydrogen-bond donors (Lipinski definition) is 1. The Morgan fingerprint density at radius 3 is 2.55 bits per heavy atom. The van der Waals surface area contributed by atoms with Gasteiger partial charge >= 0.3 is 0 Å². The number of rotatable bonds is 5. The van der Waals surface area contributed by atoms with E-state index in [-0.39, 0.29) is 29.6 Å². The second-order valence-corrected chi connectivity index (χ2v) is 11.3. The van der Waals surface area contributed by atoms with Crippen molar-refractivity contribution >= 4 is 17.7 Å². The predicted molar refractivity (Wildman–Crippen MR) is 147 cm³/mol. The van der Waals surface area contributed by atoms with E-state index in [0.29, 0.717) is 25.1 Å².